The molecule has 0 aliphatic rings. The number of para-hydroxylation sites is 1. The third kappa shape index (κ3) is 1.86. The molecule has 0 aromatic heterocycles. The standard InChI is InChI=1S/C8H6ClFN2/c9-6-2-1-3-7(10)8(6)12-5-4-11/h1-3,12H,5H2. The summed E-state index contributed by atoms with van der Waals surface area (Å²) in [5, 5.41) is 11.1. The van der Waals surface area contributed by atoms with E-state index in [4.69, 9.17) is 16.9 Å². The Bertz CT molecular complexity index is 299. The highest BCUT2D eigenvalue weighted by atomic mass is 35.5. The third-order valence-electron chi connectivity index (χ3n) is 1.31. The fraction of sp³-hybridized carbons (Fsp3) is 0.125. The monoisotopic (exact) mass is 184 g/mol. The summed E-state index contributed by atoms with van der Waals surface area (Å²) in [6, 6.07) is 6.19. The zero-order valence-corrected chi connectivity index (χ0v) is 6.90. The Morgan fingerprint density at radius 3 is 2.92 bits per heavy atom. The zero-order valence-electron chi connectivity index (χ0n) is 6.14. The molecule has 0 fully saturated rings. The number of rotatable bonds is 2. The largest absolute Gasteiger partial charge is 0.369 e. The van der Waals surface area contributed by atoms with Gasteiger partial charge in [-0.3, -0.25) is 0 Å². The van der Waals surface area contributed by atoms with Crippen LogP contribution in [0.4, 0.5) is 10.1 Å². The van der Waals surface area contributed by atoms with Crippen molar-refractivity contribution in [1.82, 2.24) is 0 Å². The van der Waals surface area contributed by atoms with Crippen LogP contribution in [0.5, 0.6) is 0 Å². The van der Waals surface area contributed by atoms with E-state index < -0.39 is 5.82 Å². The maximum Gasteiger partial charge on any atom is 0.147 e. The molecule has 0 aliphatic carbocycles. The highest BCUT2D eigenvalue weighted by molar-refractivity contribution is 6.33. The van der Waals surface area contributed by atoms with Gasteiger partial charge in [0, 0.05) is 0 Å². The zero-order chi connectivity index (χ0) is 8.97. The molecule has 0 bridgehead atoms. The Balaban J connectivity index is 2.90. The predicted molar refractivity (Wildman–Crippen MR) is 45.5 cm³/mol. The third-order valence-corrected chi connectivity index (χ3v) is 1.62. The minimum atomic E-state index is -0.447. The maximum absolute atomic E-state index is 12.9. The minimum Gasteiger partial charge on any atom is -0.369 e. The molecule has 1 aromatic rings. The van der Waals surface area contributed by atoms with Gasteiger partial charge in [0.1, 0.15) is 12.4 Å². The molecule has 0 saturated heterocycles. The highest BCUT2D eigenvalue weighted by Crippen LogP contribution is 2.23. The lowest BCUT2D eigenvalue weighted by atomic mass is 10.3. The predicted octanol–water partition coefficient (Wildman–Crippen LogP) is 2.41. The number of hydrogen-bond donors (Lipinski definition) is 1. The Hall–Kier alpha value is -1.27. The van der Waals surface area contributed by atoms with Crippen LogP contribution in [-0.2, 0) is 0 Å². The first kappa shape index (κ1) is 8.82. The van der Waals surface area contributed by atoms with Crippen LogP contribution >= 0.6 is 11.6 Å². The van der Waals surface area contributed by atoms with Crippen molar-refractivity contribution in [1.29, 1.82) is 5.26 Å². The number of hydrogen-bond acceptors (Lipinski definition) is 2. The van der Waals surface area contributed by atoms with Crippen LogP contribution in [0, 0.1) is 17.1 Å². The van der Waals surface area contributed by atoms with Crippen molar-refractivity contribution in [2.24, 2.45) is 0 Å². The van der Waals surface area contributed by atoms with Crippen molar-refractivity contribution in [3.63, 3.8) is 0 Å². The lowest BCUT2D eigenvalue weighted by molar-refractivity contribution is 0.631. The summed E-state index contributed by atoms with van der Waals surface area (Å²) in [6.07, 6.45) is 0. The average Bonchev–Trinajstić information content (AvgIpc) is 2.04. The lowest BCUT2D eigenvalue weighted by Crippen LogP contribution is -2.01. The first-order valence-corrected chi connectivity index (χ1v) is 3.68. The Kier molecular flexibility index (Phi) is 2.89. The molecule has 1 rings (SSSR count). The van der Waals surface area contributed by atoms with Crippen LogP contribution < -0.4 is 5.32 Å². The Labute approximate surface area is 74.6 Å². The molecule has 0 atom stereocenters. The van der Waals surface area contributed by atoms with E-state index in [-0.39, 0.29) is 17.3 Å². The molecular formula is C8H6ClFN2. The number of nitrogens with zero attached hydrogens (tertiary/aromatic N) is 1. The molecule has 62 valence electrons. The van der Waals surface area contributed by atoms with E-state index in [0.29, 0.717) is 0 Å². The number of nitrogens with one attached hydrogen (secondary N) is 1. The molecule has 0 unspecified atom stereocenters. The van der Waals surface area contributed by atoms with Gasteiger partial charge in [-0.15, -0.1) is 0 Å². The van der Waals surface area contributed by atoms with Crippen LogP contribution in [0.1, 0.15) is 0 Å². The SMILES string of the molecule is N#CCNc1c(F)cccc1Cl. The molecule has 0 saturated carbocycles. The van der Waals surface area contributed by atoms with E-state index >= 15 is 0 Å². The minimum absolute atomic E-state index is 0.0423. The second-order valence-electron chi connectivity index (χ2n) is 2.11. The number of benzene rings is 1. The number of anilines is 1. The fourth-order valence-electron chi connectivity index (χ4n) is 0.795. The molecular weight excluding hydrogens is 179 g/mol. The maximum atomic E-state index is 12.9. The molecule has 2 nitrogen and oxygen atoms in total. The van der Waals surface area contributed by atoms with Gasteiger partial charge in [-0.25, -0.2) is 4.39 Å². The Morgan fingerprint density at radius 1 is 1.58 bits per heavy atom. The summed E-state index contributed by atoms with van der Waals surface area (Å²) in [5.41, 5.74) is 0.181. The topological polar surface area (TPSA) is 35.8 Å². The van der Waals surface area contributed by atoms with Crippen molar-refractivity contribution in [3.05, 3.63) is 29.0 Å². The van der Waals surface area contributed by atoms with Gasteiger partial charge in [-0.2, -0.15) is 5.26 Å². The van der Waals surface area contributed by atoms with Crippen molar-refractivity contribution in [2.75, 3.05) is 11.9 Å². The van der Waals surface area contributed by atoms with E-state index in [2.05, 4.69) is 5.32 Å². The molecule has 12 heavy (non-hydrogen) atoms. The second-order valence-corrected chi connectivity index (χ2v) is 2.52. The molecule has 1 N–H and O–H groups in total. The quantitative estimate of drug-likeness (QED) is 0.717. The van der Waals surface area contributed by atoms with E-state index in [1.165, 1.54) is 12.1 Å². The normalized spacial score (nSPS) is 9.08. The number of nitriles is 1. The van der Waals surface area contributed by atoms with E-state index in [1.54, 1.807) is 6.07 Å². The summed E-state index contributed by atoms with van der Waals surface area (Å²) in [4.78, 5) is 0. The van der Waals surface area contributed by atoms with Gasteiger partial charge in [-0.05, 0) is 12.1 Å². The second kappa shape index (κ2) is 3.93. The first-order valence-electron chi connectivity index (χ1n) is 3.30. The van der Waals surface area contributed by atoms with Crippen LogP contribution in [0.2, 0.25) is 5.02 Å². The average molecular weight is 185 g/mol. The number of halogens is 2. The van der Waals surface area contributed by atoms with Crippen molar-refractivity contribution >= 4 is 17.3 Å². The van der Waals surface area contributed by atoms with Gasteiger partial charge in [0.25, 0.3) is 0 Å². The lowest BCUT2D eigenvalue weighted by Gasteiger charge is -2.04. The van der Waals surface area contributed by atoms with Crippen molar-refractivity contribution in [3.8, 4) is 6.07 Å². The molecule has 0 radical (unpaired) electrons. The van der Waals surface area contributed by atoms with E-state index in [9.17, 15) is 4.39 Å². The smallest absolute Gasteiger partial charge is 0.147 e. The molecule has 4 heteroatoms. The molecule has 0 spiro atoms. The first-order chi connectivity index (χ1) is 5.75. The van der Waals surface area contributed by atoms with Crippen LogP contribution in [0.15, 0.2) is 18.2 Å². The van der Waals surface area contributed by atoms with Gasteiger partial charge in [0.2, 0.25) is 0 Å². The van der Waals surface area contributed by atoms with E-state index in [0.717, 1.165) is 0 Å². The van der Waals surface area contributed by atoms with Gasteiger partial charge >= 0.3 is 0 Å². The summed E-state index contributed by atoms with van der Waals surface area (Å²) in [5.74, 6) is -0.447. The van der Waals surface area contributed by atoms with Crippen LogP contribution in [0.25, 0.3) is 0 Å². The van der Waals surface area contributed by atoms with Crippen molar-refractivity contribution in [2.45, 2.75) is 0 Å². The summed E-state index contributed by atoms with van der Waals surface area (Å²) in [6.45, 7) is 0.0423. The van der Waals surface area contributed by atoms with Gasteiger partial charge in [0.15, 0.2) is 0 Å². The Morgan fingerprint density at radius 2 is 2.33 bits per heavy atom. The summed E-state index contributed by atoms with van der Waals surface area (Å²) >= 11 is 5.65. The van der Waals surface area contributed by atoms with Gasteiger partial charge in [0.05, 0.1) is 16.8 Å². The molecule has 1 aromatic carbocycles. The summed E-state index contributed by atoms with van der Waals surface area (Å²) < 4.78 is 12.9. The van der Waals surface area contributed by atoms with Crippen LogP contribution in [-0.4, -0.2) is 6.54 Å². The highest BCUT2D eigenvalue weighted by Gasteiger charge is 2.04. The van der Waals surface area contributed by atoms with Gasteiger partial charge in [-0.1, -0.05) is 17.7 Å². The molecule has 0 heterocycles. The van der Waals surface area contributed by atoms with Crippen LogP contribution in [0.3, 0.4) is 0 Å². The molecule has 0 amide bonds. The fourth-order valence-corrected chi connectivity index (χ4v) is 1.02. The van der Waals surface area contributed by atoms with Gasteiger partial charge < -0.3 is 5.32 Å². The van der Waals surface area contributed by atoms with E-state index in [1.807, 2.05) is 6.07 Å². The van der Waals surface area contributed by atoms with Crippen molar-refractivity contribution < 1.29 is 4.39 Å². The molecule has 0 aliphatic heterocycles. The summed E-state index contributed by atoms with van der Waals surface area (Å²) in [7, 11) is 0.